The van der Waals surface area contributed by atoms with E-state index >= 15 is 0 Å². The average molecular weight is 265 g/mol. The number of nitrogens with one attached hydrogen (secondary N) is 1. The molecule has 0 heterocycles. The van der Waals surface area contributed by atoms with Crippen LogP contribution in [-0.2, 0) is 6.42 Å². The van der Waals surface area contributed by atoms with Crippen LogP contribution in [0, 0.1) is 5.41 Å². The van der Waals surface area contributed by atoms with Crippen LogP contribution in [0.4, 0.5) is 0 Å². The number of rotatable bonds is 7. The first kappa shape index (κ1) is 14.0. The third-order valence-electron chi connectivity index (χ3n) is 3.88. The molecule has 1 aromatic carbocycles. The average Bonchev–Trinajstić information content (AvgIpc) is 3.19. The Morgan fingerprint density at radius 3 is 2.00 bits per heavy atom. The van der Waals surface area contributed by atoms with Crippen molar-refractivity contribution in [1.82, 2.24) is 5.32 Å². The minimum Gasteiger partial charge on any atom is -0.496 e. The van der Waals surface area contributed by atoms with E-state index < -0.39 is 0 Å². The standard InChI is InChI=1S/C15H23NO3/c1-16-10-15(5-6-15)9-12-13(18-3)7-11(17-2)8-14(12)19-4/h7-8,16H,5-6,9-10H2,1-4H3. The number of benzene rings is 1. The molecular formula is C15H23NO3. The van der Waals surface area contributed by atoms with E-state index in [0.29, 0.717) is 5.41 Å². The topological polar surface area (TPSA) is 39.7 Å². The molecule has 1 aromatic rings. The van der Waals surface area contributed by atoms with Crippen molar-refractivity contribution in [2.24, 2.45) is 5.41 Å². The van der Waals surface area contributed by atoms with Gasteiger partial charge in [0.1, 0.15) is 17.2 Å². The van der Waals surface area contributed by atoms with Crippen molar-refractivity contribution in [3.8, 4) is 17.2 Å². The molecule has 0 aliphatic heterocycles. The molecule has 0 amide bonds. The van der Waals surface area contributed by atoms with Gasteiger partial charge in [-0.1, -0.05) is 0 Å². The van der Waals surface area contributed by atoms with Crippen LogP contribution < -0.4 is 19.5 Å². The summed E-state index contributed by atoms with van der Waals surface area (Å²) in [6.07, 6.45) is 3.49. The fourth-order valence-electron chi connectivity index (χ4n) is 2.59. The number of ether oxygens (including phenoxy) is 3. The minimum absolute atomic E-state index is 0.365. The Labute approximate surface area is 115 Å². The summed E-state index contributed by atoms with van der Waals surface area (Å²) in [4.78, 5) is 0. The maximum atomic E-state index is 5.50. The van der Waals surface area contributed by atoms with Crippen molar-refractivity contribution in [1.29, 1.82) is 0 Å². The van der Waals surface area contributed by atoms with Crippen LogP contribution in [0.1, 0.15) is 18.4 Å². The van der Waals surface area contributed by atoms with E-state index in [9.17, 15) is 0 Å². The van der Waals surface area contributed by atoms with Crippen LogP contribution in [0.5, 0.6) is 17.2 Å². The van der Waals surface area contributed by atoms with Crippen LogP contribution >= 0.6 is 0 Å². The first-order valence-corrected chi connectivity index (χ1v) is 6.61. The Morgan fingerprint density at radius 1 is 1.05 bits per heavy atom. The van der Waals surface area contributed by atoms with E-state index in [0.717, 1.165) is 35.8 Å². The lowest BCUT2D eigenvalue weighted by Gasteiger charge is -2.20. The van der Waals surface area contributed by atoms with E-state index in [1.54, 1.807) is 21.3 Å². The maximum Gasteiger partial charge on any atom is 0.129 e. The number of methoxy groups -OCH3 is 3. The summed E-state index contributed by atoms with van der Waals surface area (Å²) < 4.78 is 16.3. The highest BCUT2D eigenvalue weighted by molar-refractivity contribution is 5.51. The van der Waals surface area contributed by atoms with E-state index in [4.69, 9.17) is 14.2 Å². The molecule has 1 aliphatic carbocycles. The quantitative estimate of drug-likeness (QED) is 0.821. The highest BCUT2D eigenvalue weighted by Crippen LogP contribution is 2.50. The van der Waals surface area contributed by atoms with Crippen LogP contribution in [0.2, 0.25) is 0 Å². The molecule has 4 nitrogen and oxygen atoms in total. The molecule has 1 N–H and O–H groups in total. The highest BCUT2D eigenvalue weighted by Gasteiger charge is 2.43. The summed E-state index contributed by atoms with van der Waals surface area (Å²) in [7, 11) is 7.03. The van der Waals surface area contributed by atoms with Gasteiger partial charge in [-0.2, -0.15) is 0 Å². The van der Waals surface area contributed by atoms with Gasteiger partial charge in [-0.25, -0.2) is 0 Å². The van der Waals surface area contributed by atoms with Crippen LogP contribution in [-0.4, -0.2) is 34.9 Å². The first-order valence-electron chi connectivity index (χ1n) is 6.61. The van der Waals surface area contributed by atoms with Crippen LogP contribution in [0.25, 0.3) is 0 Å². The number of hydrogen-bond acceptors (Lipinski definition) is 4. The Kier molecular flexibility index (Phi) is 4.20. The second kappa shape index (κ2) is 5.70. The molecular weight excluding hydrogens is 242 g/mol. The van der Waals surface area contributed by atoms with Crippen molar-refractivity contribution in [3.05, 3.63) is 17.7 Å². The van der Waals surface area contributed by atoms with Crippen molar-refractivity contribution in [3.63, 3.8) is 0 Å². The van der Waals surface area contributed by atoms with Gasteiger partial charge in [-0.3, -0.25) is 0 Å². The summed E-state index contributed by atoms with van der Waals surface area (Å²) in [5.41, 5.74) is 1.50. The van der Waals surface area contributed by atoms with Gasteiger partial charge in [0.25, 0.3) is 0 Å². The lowest BCUT2D eigenvalue weighted by Crippen LogP contribution is -2.22. The smallest absolute Gasteiger partial charge is 0.129 e. The molecule has 1 aliphatic rings. The van der Waals surface area contributed by atoms with Crippen LogP contribution in [0.15, 0.2) is 12.1 Å². The largest absolute Gasteiger partial charge is 0.496 e. The second-order valence-corrected chi connectivity index (χ2v) is 5.22. The molecule has 19 heavy (non-hydrogen) atoms. The normalized spacial score (nSPS) is 16.0. The highest BCUT2D eigenvalue weighted by atomic mass is 16.5. The van der Waals surface area contributed by atoms with Crippen molar-refractivity contribution in [2.75, 3.05) is 34.9 Å². The minimum atomic E-state index is 0.365. The molecule has 0 unspecified atom stereocenters. The van der Waals surface area contributed by atoms with Gasteiger partial charge in [0, 0.05) is 24.2 Å². The summed E-state index contributed by atoms with van der Waals surface area (Å²) in [6, 6.07) is 3.85. The Balaban J connectivity index is 2.32. The fraction of sp³-hybridized carbons (Fsp3) is 0.600. The molecule has 1 fully saturated rings. The van der Waals surface area contributed by atoms with Gasteiger partial charge in [0.15, 0.2) is 0 Å². The van der Waals surface area contributed by atoms with Gasteiger partial charge in [0.2, 0.25) is 0 Å². The zero-order valence-electron chi connectivity index (χ0n) is 12.2. The third-order valence-corrected chi connectivity index (χ3v) is 3.88. The lowest BCUT2D eigenvalue weighted by atomic mass is 9.95. The van der Waals surface area contributed by atoms with Crippen molar-refractivity contribution in [2.45, 2.75) is 19.3 Å². The van der Waals surface area contributed by atoms with Crippen LogP contribution in [0.3, 0.4) is 0 Å². The Hall–Kier alpha value is -1.42. The van der Waals surface area contributed by atoms with Crippen molar-refractivity contribution < 1.29 is 14.2 Å². The third kappa shape index (κ3) is 2.95. The summed E-state index contributed by atoms with van der Waals surface area (Å²) in [5, 5.41) is 3.28. The Bertz CT molecular complexity index is 416. The molecule has 0 aromatic heterocycles. The molecule has 0 atom stereocenters. The maximum absolute atomic E-state index is 5.50. The fourth-order valence-corrected chi connectivity index (χ4v) is 2.59. The molecule has 0 bridgehead atoms. The van der Waals surface area contributed by atoms with E-state index in [-0.39, 0.29) is 0 Å². The number of hydrogen-bond donors (Lipinski definition) is 1. The summed E-state index contributed by atoms with van der Waals surface area (Å²) in [6.45, 7) is 1.03. The van der Waals surface area contributed by atoms with Gasteiger partial charge in [-0.05, 0) is 31.7 Å². The zero-order chi connectivity index (χ0) is 13.9. The van der Waals surface area contributed by atoms with E-state index in [2.05, 4.69) is 5.32 Å². The predicted octanol–water partition coefficient (Wildman–Crippen LogP) is 2.25. The molecule has 1 saturated carbocycles. The van der Waals surface area contributed by atoms with Gasteiger partial charge < -0.3 is 19.5 Å². The summed E-state index contributed by atoms with van der Waals surface area (Å²) in [5.74, 6) is 2.45. The zero-order valence-corrected chi connectivity index (χ0v) is 12.2. The van der Waals surface area contributed by atoms with Crippen molar-refractivity contribution >= 4 is 0 Å². The first-order chi connectivity index (χ1) is 9.18. The monoisotopic (exact) mass is 265 g/mol. The van der Waals surface area contributed by atoms with Gasteiger partial charge >= 0.3 is 0 Å². The second-order valence-electron chi connectivity index (χ2n) is 5.22. The molecule has 0 spiro atoms. The molecule has 2 rings (SSSR count). The van der Waals surface area contributed by atoms with E-state index in [1.165, 1.54) is 12.8 Å². The Morgan fingerprint density at radius 2 is 1.63 bits per heavy atom. The summed E-state index contributed by atoms with van der Waals surface area (Å²) >= 11 is 0. The SMILES string of the molecule is CNCC1(Cc2c(OC)cc(OC)cc2OC)CC1. The predicted molar refractivity (Wildman–Crippen MR) is 75.4 cm³/mol. The lowest BCUT2D eigenvalue weighted by molar-refractivity contribution is 0.359. The molecule has 0 saturated heterocycles. The molecule has 4 heteroatoms. The van der Waals surface area contributed by atoms with E-state index in [1.807, 2.05) is 19.2 Å². The molecule has 106 valence electrons. The molecule has 0 radical (unpaired) electrons. The van der Waals surface area contributed by atoms with Gasteiger partial charge in [-0.15, -0.1) is 0 Å². The van der Waals surface area contributed by atoms with Gasteiger partial charge in [0.05, 0.1) is 21.3 Å².